The number of fused-ring (bicyclic) bond motifs is 9. The molecule has 0 N–H and O–H groups in total. The summed E-state index contributed by atoms with van der Waals surface area (Å²) >= 11 is 1.71. The number of hydrogen-bond acceptors (Lipinski definition) is 4. The molecule has 0 bridgehead atoms. The maximum atomic E-state index is 6.60. The first-order valence-electron chi connectivity index (χ1n) is 17.1. The zero-order valence-electron chi connectivity index (χ0n) is 27.2. The second-order valence-electron chi connectivity index (χ2n) is 12.9. The molecule has 4 heterocycles. The highest BCUT2D eigenvalue weighted by molar-refractivity contribution is 7.25. The van der Waals surface area contributed by atoms with E-state index in [1.54, 1.807) is 11.3 Å². The lowest BCUT2D eigenvalue weighted by molar-refractivity contribution is 0.670. The molecule has 4 aromatic heterocycles. The van der Waals surface area contributed by atoms with Gasteiger partial charge in [0.1, 0.15) is 16.0 Å². The Kier molecular flexibility index (Phi) is 6.09. The lowest BCUT2D eigenvalue weighted by Gasteiger charge is -2.10. The minimum Gasteiger partial charge on any atom is -0.455 e. The summed E-state index contributed by atoms with van der Waals surface area (Å²) in [6.45, 7) is 0. The van der Waals surface area contributed by atoms with Crippen molar-refractivity contribution in [3.63, 3.8) is 0 Å². The Bertz CT molecular complexity index is 3140. The normalized spacial score (nSPS) is 11.9. The van der Waals surface area contributed by atoms with E-state index in [0.29, 0.717) is 5.82 Å². The van der Waals surface area contributed by atoms with Gasteiger partial charge in [0.2, 0.25) is 0 Å². The van der Waals surface area contributed by atoms with E-state index in [9.17, 15) is 0 Å². The topological polar surface area (TPSA) is 43.9 Å². The average Bonchev–Trinajstić information content (AvgIpc) is 3.87. The first kappa shape index (κ1) is 28.3. The quantitative estimate of drug-likeness (QED) is 0.187. The molecular formula is C46H27N3OS. The Hall–Kier alpha value is -6.56. The van der Waals surface area contributed by atoms with Crippen LogP contribution in [0.2, 0.25) is 0 Å². The van der Waals surface area contributed by atoms with Gasteiger partial charge in [0.05, 0.1) is 16.7 Å². The Labute approximate surface area is 296 Å². The lowest BCUT2D eigenvalue weighted by atomic mass is 10.00. The van der Waals surface area contributed by atoms with Gasteiger partial charge in [-0.2, -0.15) is 0 Å². The lowest BCUT2D eigenvalue weighted by Crippen LogP contribution is -1.95. The van der Waals surface area contributed by atoms with Crippen molar-refractivity contribution in [1.82, 2.24) is 14.5 Å². The van der Waals surface area contributed by atoms with Gasteiger partial charge in [-0.1, -0.05) is 115 Å². The summed E-state index contributed by atoms with van der Waals surface area (Å²) in [5, 5.41) is 6.67. The van der Waals surface area contributed by atoms with E-state index in [2.05, 4.69) is 156 Å². The molecule has 0 aliphatic carbocycles. The van der Waals surface area contributed by atoms with Crippen LogP contribution in [0.5, 0.6) is 0 Å². The third-order valence-electron chi connectivity index (χ3n) is 10.1. The van der Waals surface area contributed by atoms with Gasteiger partial charge in [0.15, 0.2) is 5.82 Å². The van der Waals surface area contributed by atoms with E-state index in [1.165, 1.54) is 15.8 Å². The average molecular weight is 670 g/mol. The Balaban J connectivity index is 1.26. The predicted molar refractivity (Wildman–Crippen MR) is 213 cm³/mol. The van der Waals surface area contributed by atoms with Crippen molar-refractivity contribution in [2.24, 2.45) is 0 Å². The van der Waals surface area contributed by atoms with E-state index >= 15 is 0 Å². The molecule has 0 fully saturated rings. The highest BCUT2D eigenvalue weighted by Crippen LogP contribution is 2.45. The van der Waals surface area contributed by atoms with E-state index in [-0.39, 0.29) is 0 Å². The Morgan fingerprint density at radius 1 is 0.490 bits per heavy atom. The van der Waals surface area contributed by atoms with Gasteiger partial charge in [0, 0.05) is 53.8 Å². The van der Waals surface area contributed by atoms with Crippen LogP contribution in [-0.4, -0.2) is 14.5 Å². The summed E-state index contributed by atoms with van der Waals surface area (Å²) in [5.74, 6) is 0.694. The van der Waals surface area contributed by atoms with Gasteiger partial charge in [-0.15, -0.1) is 11.3 Å². The molecule has 7 aromatic carbocycles. The van der Waals surface area contributed by atoms with Crippen LogP contribution in [0.25, 0.3) is 104 Å². The Morgan fingerprint density at radius 3 is 2.10 bits per heavy atom. The van der Waals surface area contributed by atoms with Crippen molar-refractivity contribution in [2.45, 2.75) is 0 Å². The largest absolute Gasteiger partial charge is 0.455 e. The van der Waals surface area contributed by atoms with Crippen molar-refractivity contribution >= 4 is 75.4 Å². The number of benzene rings is 7. The molecule has 0 saturated carbocycles. The number of hydrogen-bond donors (Lipinski definition) is 0. The van der Waals surface area contributed by atoms with Gasteiger partial charge in [-0.3, -0.25) is 0 Å². The molecule has 4 nitrogen and oxygen atoms in total. The van der Waals surface area contributed by atoms with Crippen LogP contribution in [0.15, 0.2) is 168 Å². The summed E-state index contributed by atoms with van der Waals surface area (Å²) in [6, 6.07) is 57.7. The molecule has 0 radical (unpaired) electrons. The molecule has 51 heavy (non-hydrogen) atoms. The first-order valence-corrected chi connectivity index (χ1v) is 17.9. The molecule has 11 aromatic rings. The Morgan fingerprint density at radius 2 is 1.22 bits per heavy atom. The molecule has 0 saturated heterocycles. The fraction of sp³-hybridized carbons (Fsp3) is 0. The van der Waals surface area contributed by atoms with Crippen LogP contribution in [0, 0.1) is 0 Å². The molecule has 238 valence electrons. The second kappa shape index (κ2) is 11.0. The summed E-state index contributed by atoms with van der Waals surface area (Å²) in [5.41, 5.74) is 10.3. The smallest absolute Gasteiger partial charge is 0.162 e. The summed E-state index contributed by atoms with van der Waals surface area (Å²) in [7, 11) is 0. The molecule has 0 atom stereocenters. The maximum absolute atomic E-state index is 6.60. The molecular weight excluding hydrogens is 643 g/mol. The number of furan rings is 1. The number of rotatable bonds is 4. The van der Waals surface area contributed by atoms with Crippen LogP contribution in [0.3, 0.4) is 0 Å². The molecule has 5 heteroatoms. The van der Waals surface area contributed by atoms with E-state index in [4.69, 9.17) is 14.4 Å². The molecule has 0 spiro atoms. The van der Waals surface area contributed by atoms with Crippen molar-refractivity contribution in [1.29, 1.82) is 0 Å². The van der Waals surface area contributed by atoms with Crippen LogP contribution in [0.4, 0.5) is 0 Å². The van der Waals surface area contributed by atoms with E-state index in [0.717, 1.165) is 81.9 Å². The SMILES string of the molecule is c1ccc(-c2ccc3c(c2)c2c(-c4nc(-c5cccc6c5oc5ccccc56)c5c(n4)sc4ccccc45)cccc2n3-c2ccccc2)cc1. The highest BCUT2D eigenvalue weighted by atomic mass is 32.1. The summed E-state index contributed by atoms with van der Waals surface area (Å²) < 4.78 is 10.1. The minimum absolute atomic E-state index is 0.694. The van der Waals surface area contributed by atoms with Crippen LogP contribution < -0.4 is 0 Å². The molecule has 0 unspecified atom stereocenters. The monoisotopic (exact) mass is 669 g/mol. The van der Waals surface area contributed by atoms with Crippen molar-refractivity contribution in [3.8, 4) is 39.5 Å². The van der Waals surface area contributed by atoms with Gasteiger partial charge < -0.3 is 8.98 Å². The van der Waals surface area contributed by atoms with Crippen molar-refractivity contribution < 1.29 is 4.42 Å². The molecule has 0 amide bonds. The fourth-order valence-corrected chi connectivity index (χ4v) is 8.87. The summed E-state index contributed by atoms with van der Waals surface area (Å²) in [4.78, 5) is 11.9. The van der Waals surface area contributed by atoms with Gasteiger partial charge in [-0.05, 0) is 59.7 Å². The molecule has 11 rings (SSSR count). The van der Waals surface area contributed by atoms with Crippen molar-refractivity contribution in [2.75, 3.05) is 0 Å². The first-order chi connectivity index (χ1) is 25.3. The molecule has 0 aliphatic heterocycles. The number of nitrogens with zero attached hydrogens (tertiary/aromatic N) is 3. The predicted octanol–water partition coefficient (Wildman–Crippen LogP) is 12.8. The number of aromatic nitrogens is 3. The zero-order valence-corrected chi connectivity index (χ0v) is 28.1. The fourth-order valence-electron chi connectivity index (χ4n) is 7.79. The van der Waals surface area contributed by atoms with Gasteiger partial charge in [0.25, 0.3) is 0 Å². The van der Waals surface area contributed by atoms with Crippen LogP contribution in [0.1, 0.15) is 0 Å². The third kappa shape index (κ3) is 4.25. The van der Waals surface area contributed by atoms with E-state index < -0.39 is 0 Å². The highest BCUT2D eigenvalue weighted by Gasteiger charge is 2.23. The van der Waals surface area contributed by atoms with E-state index in [1.807, 2.05) is 12.1 Å². The molecule has 0 aliphatic rings. The number of thiophene rings is 1. The zero-order chi connectivity index (χ0) is 33.5. The third-order valence-corrected chi connectivity index (χ3v) is 11.1. The standard InChI is InChI=1S/C46H27N3OS/c1-3-13-28(14-4-1)29-25-26-37-36(27-29)41-34(20-12-22-38(41)49(37)30-15-5-2-6-16-30)45-47-43(42-33-18-8-10-24-40(33)51-46(42)48-45)35-21-11-19-32-31-17-7-9-23-39(31)50-44(32)35/h1-27H. The maximum Gasteiger partial charge on any atom is 0.162 e. The van der Waals surface area contributed by atoms with Crippen molar-refractivity contribution in [3.05, 3.63) is 164 Å². The van der Waals surface area contributed by atoms with Gasteiger partial charge >= 0.3 is 0 Å². The summed E-state index contributed by atoms with van der Waals surface area (Å²) in [6.07, 6.45) is 0. The second-order valence-corrected chi connectivity index (χ2v) is 14.0. The van der Waals surface area contributed by atoms with Gasteiger partial charge in [-0.25, -0.2) is 9.97 Å². The van der Waals surface area contributed by atoms with Crippen LogP contribution in [-0.2, 0) is 0 Å². The number of para-hydroxylation sites is 3. The minimum atomic E-state index is 0.694. The van der Waals surface area contributed by atoms with Crippen LogP contribution >= 0.6 is 11.3 Å².